The van der Waals surface area contributed by atoms with Gasteiger partial charge in [0.25, 0.3) is 5.89 Å². The summed E-state index contributed by atoms with van der Waals surface area (Å²) in [7, 11) is 0. The first-order valence-electron chi connectivity index (χ1n) is 4.44. The molecule has 3 nitrogen and oxygen atoms in total. The SMILES string of the molecule is Clc1cccc(-c2nc(CCBr)no2)c1. The fraction of sp³-hybridized carbons (Fsp3) is 0.200. The zero-order valence-electron chi connectivity index (χ0n) is 7.78. The van der Waals surface area contributed by atoms with Gasteiger partial charge in [-0.05, 0) is 18.2 Å². The Morgan fingerprint density at radius 2 is 2.27 bits per heavy atom. The number of alkyl halides is 1. The predicted octanol–water partition coefficient (Wildman–Crippen LogP) is 3.33. The summed E-state index contributed by atoms with van der Waals surface area (Å²) in [4.78, 5) is 4.24. The molecule has 5 heteroatoms. The molecule has 1 heterocycles. The van der Waals surface area contributed by atoms with Crippen molar-refractivity contribution in [2.75, 3.05) is 5.33 Å². The summed E-state index contributed by atoms with van der Waals surface area (Å²) < 4.78 is 5.12. The largest absolute Gasteiger partial charge is 0.334 e. The summed E-state index contributed by atoms with van der Waals surface area (Å²) in [6.45, 7) is 0. The molecule has 0 aliphatic rings. The Balaban J connectivity index is 2.29. The summed E-state index contributed by atoms with van der Waals surface area (Å²) in [6, 6.07) is 7.34. The number of hydrogen-bond donors (Lipinski definition) is 0. The highest BCUT2D eigenvalue weighted by molar-refractivity contribution is 9.09. The lowest BCUT2D eigenvalue weighted by Crippen LogP contribution is -1.87. The van der Waals surface area contributed by atoms with Gasteiger partial charge in [0.15, 0.2) is 5.82 Å². The van der Waals surface area contributed by atoms with Crippen LogP contribution in [0.25, 0.3) is 11.5 Å². The Bertz CT molecular complexity index is 458. The van der Waals surface area contributed by atoms with Gasteiger partial charge in [-0.15, -0.1) is 0 Å². The molecule has 0 bridgehead atoms. The lowest BCUT2D eigenvalue weighted by Gasteiger charge is -1.93. The molecule has 0 N–H and O–H groups in total. The van der Waals surface area contributed by atoms with Crippen LogP contribution in [0.5, 0.6) is 0 Å². The first kappa shape index (κ1) is 10.6. The van der Waals surface area contributed by atoms with E-state index in [0.717, 1.165) is 17.3 Å². The van der Waals surface area contributed by atoms with Gasteiger partial charge in [-0.2, -0.15) is 4.98 Å². The second kappa shape index (κ2) is 4.77. The van der Waals surface area contributed by atoms with Crippen molar-refractivity contribution in [1.82, 2.24) is 10.1 Å². The van der Waals surface area contributed by atoms with E-state index in [-0.39, 0.29) is 0 Å². The van der Waals surface area contributed by atoms with Crippen molar-refractivity contribution in [2.45, 2.75) is 6.42 Å². The number of rotatable bonds is 3. The Labute approximate surface area is 101 Å². The number of hydrogen-bond acceptors (Lipinski definition) is 3. The van der Waals surface area contributed by atoms with Crippen LogP contribution in [0.1, 0.15) is 5.82 Å². The van der Waals surface area contributed by atoms with E-state index < -0.39 is 0 Å². The van der Waals surface area contributed by atoms with Crippen molar-refractivity contribution in [3.63, 3.8) is 0 Å². The highest BCUT2D eigenvalue weighted by atomic mass is 79.9. The van der Waals surface area contributed by atoms with E-state index in [1.807, 2.05) is 12.1 Å². The number of aryl methyl sites for hydroxylation is 1. The molecule has 78 valence electrons. The highest BCUT2D eigenvalue weighted by Crippen LogP contribution is 2.20. The van der Waals surface area contributed by atoms with Crippen LogP contribution in [-0.2, 0) is 6.42 Å². The van der Waals surface area contributed by atoms with Gasteiger partial charge in [-0.1, -0.05) is 38.8 Å². The van der Waals surface area contributed by atoms with Crippen molar-refractivity contribution in [3.05, 3.63) is 35.1 Å². The molecule has 1 aromatic heterocycles. The third-order valence-electron chi connectivity index (χ3n) is 1.86. The van der Waals surface area contributed by atoms with Gasteiger partial charge >= 0.3 is 0 Å². The van der Waals surface area contributed by atoms with Crippen LogP contribution in [-0.4, -0.2) is 15.5 Å². The minimum absolute atomic E-state index is 0.508. The summed E-state index contributed by atoms with van der Waals surface area (Å²) in [5.41, 5.74) is 0.843. The van der Waals surface area contributed by atoms with Gasteiger partial charge < -0.3 is 4.52 Å². The van der Waals surface area contributed by atoms with Crippen LogP contribution in [0.3, 0.4) is 0 Å². The second-order valence-corrected chi connectivity index (χ2v) is 4.19. The number of halogens is 2. The first-order chi connectivity index (χ1) is 7.29. The molecule has 15 heavy (non-hydrogen) atoms. The fourth-order valence-corrected chi connectivity index (χ4v) is 1.72. The molecule has 0 radical (unpaired) electrons. The van der Waals surface area contributed by atoms with E-state index in [9.17, 15) is 0 Å². The average Bonchev–Trinajstić information content (AvgIpc) is 2.67. The smallest absolute Gasteiger partial charge is 0.257 e. The van der Waals surface area contributed by atoms with E-state index in [4.69, 9.17) is 16.1 Å². The molecule has 2 aromatic rings. The van der Waals surface area contributed by atoms with Crippen molar-refractivity contribution < 1.29 is 4.52 Å². The molecular formula is C10H8BrClN2O. The lowest BCUT2D eigenvalue weighted by molar-refractivity contribution is 0.423. The van der Waals surface area contributed by atoms with Crippen molar-refractivity contribution >= 4 is 27.5 Å². The monoisotopic (exact) mass is 286 g/mol. The summed E-state index contributed by atoms with van der Waals surface area (Å²) in [5.74, 6) is 1.20. The van der Waals surface area contributed by atoms with Crippen LogP contribution in [0.2, 0.25) is 5.02 Å². The Hall–Kier alpha value is -0.870. The first-order valence-corrected chi connectivity index (χ1v) is 5.94. The normalized spacial score (nSPS) is 10.5. The van der Waals surface area contributed by atoms with Crippen molar-refractivity contribution in [2.24, 2.45) is 0 Å². The molecule has 1 aromatic carbocycles. The molecule has 0 aliphatic carbocycles. The maximum atomic E-state index is 5.87. The quantitative estimate of drug-likeness (QED) is 0.813. The topological polar surface area (TPSA) is 38.9 Å². The number of nitrogens with zero attached hydrogens (tertiary/aromatic N) is 2. The van der Waals surface area contributed by atoms with E-state index in [0.29, 0.717) is 16.7 Å². The maximum Gasteiger partial charge on any atom is 0.257 e. The Morgan fingerprint density at radius 3 is 3.00 bits per heavy atom. The van der Waals surface area contributed by atoms with Crippen LogP contribution < -0.4 is 0 Å². The zero-order valence-corrected chi connectivity index (χ0v) is 10.1. The van der Waals surface area contributed by atoms with Gasteiger partial charge in [-0.25, -0.2) is 0 Å². The van der Waals surface area contributed by atoms with Gasteiger partial charge in [0, 0.05) is 22.3 Å². The second-order valence-electron chi connectivity index (χ2n) is 2.97. The fourth-order valence-electron chi connectivity index (χ4n) is 1.18. The number of benzene rings is 1. The highest BCUT2D eigenvalue weighted by Gasteiger charge is 2.08. The summed E-state index contributed by atoms with van der Waals surface area (Å²) in [6.07, 6.45) is 0.754. The van der Waals surface area contributed by atoms with Gasteiger partial charge in [0.05, 0.1) is 0 Å². The van der Waals surface area contributed by atoms with Gasteiger partial charge in [-0.3, -0.25) is 0 Å². The van der Waals surface area contributed by atoms with Gasteiger partial charge in [0.2, 0.25) is 0 Å². The van der Waals surface area contributed by atoms with Gasteiger partial charge in [0.1, 0.15) is 0 Å². The number of aromatic nitrogens is 2. The molecule has 2 rings (SSSR count). The third-order valence-corrected chi connectivity index (χ3v) is 2.49. The minimum atomic E-state index is 0.508. The lowest BCUT2D eigenvalue weighted by atomic mass is 10.2. The molecule has 0 spiro atoms. The van der Waals surface area contributed by atoms with E-state index in [1.54, 1.807) is 12.1 Å². The molecule has 0 atom stereocenters. The van der Waals surface area contributed by atoms with Crippen molar-refractivity contribution in [1.29, 1.82) is 0 Å². The van der Waals surface area contributed by atoms with E-state index in [2.05, 4.69) is 26.1 Å². The molecule has 0 unspecified atom stereocenters. The average molecular weight is 288 g/mol. The molecule has 0 aliphatic heterocycles. The van der Waals surface area contributed by atoms with Crippen LogP contribution in [0.15, 0.2) is 28.8 Å². The standard InChI is InChI=1S/C10H8BrClN2O/c11-5-4-9-13-10(15-14-9)7-2-1-3-8(12)6-7/h1-3,6H,4-5H2. The van der Waals surface area contributed by atoms with E-state index in [1.165, 1.54) is 0 Å². The molecule has 0 saturated carbocycles. The summed E-state index contributed by atoms with van der Waals surface area (Å²) >= 11 is 9.19. The minimum Gasteiger partial charge on any atom is -0.334 e. The molecule has 0 saturated heterocycles. The molecular weight excluding hydrogens is 279 g/mol. The van der Waals surface area contributed by atoms with Crippen molar-refractivity contribution in [3.8, 4) is 11.5 Å². The Kier molecular flexibility index (Phi) is 3.38. The molecule has 0 fully saturated rings. The third kappa shape index (κ3) is 2.58. The predicted molar refractivity (Wildman–Crippen MR) is 62.2 cm³/mol. The summed E-state index contributed by atoms with van der Waals surface area (Å²) in [5, 5.41) is 5.33. The van der Waals surface area contributed by atoms with E-state index >= 15 is 0 Å². The Morgan fingerprint density at radius 1 is 1.40 bits per heavy atom. The van der Waals surface area contributed by atoms with Crippen LogP contribution >= 0.6 is 27.5 Å². The van der Waals surface area contributed by atoms with Crippen LogP contribution in [0.4, 0.5) is 0 Å². The molecule has 0 amide bonds. The van der Waals surface area contributed by atoms with Crippen LogP contribution in [0, 0.1) is 0 Å². The zero-order chi connectivity index (χ0) is 10.7. The maximum absolute atomic E-state index is 5.87.